The van der Waals surface area contributed by atoms with Gasteiger partial charge in [-0.2, -0.15) is 0 Å². The molecule has 0 saturated heterocycles. The fourth-order valence-electron chi connectivity index (χ4n) is 1.22. The lowest BCUT2D eigenvalue weighted by Crippen LogP contribution is -2.30. The Morgan fingerprint density at radius 2 is 1.35 bits per heavy atom. The molecule has 0 unspecified atom stereocenters. The lowest BCUT2D eigenvalue weighted by Gasteiger charge is -2.20. The fraction of sp³-hybridized carbons (Fsp3) is 0.889. The van der Waals surface area contributed by atoms with Gasteiger partial charge < -0.3 is 21.5 Å². The van der Waals surface area contributed by atoms with Gasteiger partial charge in [-0.05, 0) is 39.0 Å². The van der Waals surface area contributed by atoms with Crippen LogP contribution in [0.2, 0.25) is 0 Å². The molecule has 0 bridgehead atoms. The van der Waals surface area contributed by atoms with Crippen LogP contribution in [0.1, 0.15) is 19.3 Å². The summed E-state index contributed by atoms with van der Waals surface area (Å²) in [5, 5.41) is 8.54. The van der Waals surface area contributed by atoms with Crippen LogP contribution >= 0.6 is 37.2 Å². The Kier molecular flexibility index (Phi) is 28.3. The molecule has 0 aromatic heterocycles. The van der Waals surface area contributed by atoms with Gasteiger partial charge >= 0.3 is 5.97 Å². The van der Waals surface area contributed by atoms with E-state index in [0.29, 0.717) is 19.6 Å². The number of nitrogens with zero attached hydrogens (tertiary/aromatic N) is 1. The molecule has 0 amide bonds. The van der Waals surface area contributed by atoms with Crippen molar-refractivity contribution in [2.45, 2.75) is 19.3 Å². The first-order valence-electron chi connectivity index (χ1n) is 5.05. The molecule has 0 fully saturated rings. The third-order valence-corrected chi connectivity index (χ3v) is 2.00. The summed E-state index contributed by atoms with van der Waals surface area (Å²) in [6.45, 7) is 3.61. The maximum Gasteiger partial charge on any atom is 0.304 e. The van der Waals surface area contributed by atoms with E-state index in [1.165, 1.54) is 0 Å². The van der Waals surface area contributed by atoms with Gasteiger partial charge in [0, 0.05) is 6.54 Å². The van der Waals surface area contributed by atoms with Crippen LogP contribution in [0.25, 0.3) is 0 Å². The van der Waals surface area contributed by atoms with E-state index >= 15 is 0 Å². The summed E-state index contributed by atoms with van der Waals surface area (Å²) < 4.78 is 0. The molecule has 0 aromatic carbocycles. The quantitative estimate of drug-likeness (QED) is 0.583. The number of hydrogen-bond acceptors (Lipinski definition) is 4. The summed E-state index contributed by atoms with van der Waals surface area (Å²) in [5.74, 6) is -0.754. The van der Waals surface area contributed by atoms with Crippen molar-refractivity contribution < 1.29 is 9.90 Å². The molecule has 0 atom stereocenters. The average Bonchev–Trinajstić information content (AvgIpc) is 2.16. The van der Waals surface area contributed by atoms with Crippen LogP contribution in [0, 0.1) is 0 Å². The van der Waals surface area contributed by atoms with Crippen LogP contribution in [0.3, 0.4) is 0 Å². The monoisotopic (exact) mass is 311 g/mol. The van der Waals surface area contributed by atoms with Crippen LogP contribution in [-0.2, 0) is 4.79 Å². The second kappa shape index (κ2) is 18.6. The SMILES string of the molecule is Cl.Cl.Cl.NCCCN(CCCN)CCC(=O)O. The van der Waals surface area contributed by atoms with Gasteiger partial charge in [0.25, 0.3) is 0 Å². The number of halogens is 3. The van der Waals surface area contributed by atoms with E-state index in [4.69, 9.17) is 16.6 Å². The third kappa shape index (κ3) is 18.8. The second-order valence-corrected chi connectivity index (χ2v) is 3.27. The summed E-state index contributed by atoms with van der Waals surface area (Å²) in [5.41, 5.74) is 10.8. The van der Waals surface area contributed by atoms with Crippen molar-refractivity contribution in [2.24, 2.45) is 11.5 Å². The van der Waals surface area contributed by atoms with Crippen LogP contribution < -0.4 is 11.5 Å². The van der Waals surface area contributed by atoms with E-state index in [1.807, 2.05) is 0 Å². The molecule has 0 saturated carbocycles. The third-order valence-electron chi connectivity index (χ3n) is 2.00. The van der Waals surface area contributed by atoms with E-state index in [9.17, 15) is 4.79 Å². The molecule has 5 N–H and O–H groups in total. The minimum Gasteiger partial charge on any atom is -0.481 e. The van der Waals surface area contributed by atoms with Crippen LogP contribution in [0.5, 0.6) is 0 Å². The number of carboxylic acids is 1. The summed E-state index contributed by atoms with van der Waals surface area (Å²) in [6.07, 6.45) is 2.00. The minimum absolute atomic E-state index is 0. The first-order valence-corrected chi connectivity index (χ1v) is 5.05. The molecule has 0 heterocycles. The molecule has 8 heteroatoms. The first kappa shape index (κ1) is 25.9. The number of rotatable bonds is 9. The minimum atomic E-state index is -0.754. The zero-order valence-corrected chi connectivity index (χ0v) is 12.3. The Morgan fingerprint density at radius 3 is 1.65 bits per heavy atom. The van der Waals surface area contributed by atoms with Crippen molar-refractivity contribution in [1.82, 2.24) is 4.90 Å². The molecular formula is C9H24Cl3N3O2. The van der Waals surface area contributed by atoms with E-state index < -0.39 is 5.97 Å². The van der Waals surface area contributed by atoms with Gasteiger partial charge in [-0.25, -0.2) is 0 Å². The van der Waals surface area contributed by atoms with E-state index in [-0.39, 0.29) is 43.6 Å². The van der Waals surface area contributed by atoms with Crippen molar-refractivity contribution in [3.63, 3.8) is 0 Å². The van der Waals surface area contributed by atoms with Crippen molar-refractivity contribution >= 4 is 43.2 Å². The average molecular weight is 313 g/mol. The maximum atomic E-state index is 10.4. The highest BCUT2D eigenvalue weighted by atomic mass is 35.5. The Balaban J connectivity index is -0.000000282. The largest absolute Gasteiger partial charge is 0.481 e. The summed E-state index contributed by atoms with van der Waals surface area (Å²) >= 11 is 0. The van der Waals surface area contributed by atoms with Gasteiger partial charge in [-0.3, -0.25) is 4.79 Å². The number of aliphatic carboxylic acids is 1. The van der Waals surface area contributed by atoms with Crippen molar-refractivity contribution in [1.29, 1.82) is 0 Å². The summed E-state index contributed by atoms with van der Waals surface area (Å²) in [6, 6.07) is 0. The van der Waals surface area contributed by atoms with Gasteiger partial charge in [0.05, 0.1) is 6.42 Å². The number of carbonyl (C=O) groups is 1. The molecule has 0 radical (unpaired) electrons. The Hall–Kier alpha value is 0.220. The predicted molar refractivity (Wildman–Crippen MR) is 77.8 cm³/mol. The zero-order chi connectivity index (χ0) is 10.8. The summed E-state index contributed by atoms with van der Waals surface area (Å²) in [7, 11) is 0. The normalized spacial score (nSPS) is 8.88. The standard InChI is InChI=1S/C9H21N3O2.3ClH/c10-4-1-6-12(7-2-5-11)8-3-9(13)14;;;/h1-8,10-11H2,(H,13,14);3*1H. The van der Waals surface area contributed by atoms with Crippen molar-refractivity contribution in [2.75, 3.05) is 32.7 Å². The second-order valence-electron chi connectivity index (χ2n) is 3.27. The van der Waals surface area contributed by atoms with Crippen molar-refractivity contribution in [3.05, 3.63) is 0 Å². The number of carboxylic acid groups (broad SMARTS) is 1. The molecule has 5 nitrogen and oxygen atoms in total. The Labute approximate surface area is 122 Å². The van der Waals surface area contributed by atoms with Gasteiger partial charge in [-0.1, -0.05) is 0 Å². The zero-order valence-electron chi connectivity index (χ0n) is 9.84. The topological polar surface area (TPSA) is 92.6 Å². The molecule has 0 spiro atoms. The van der Waals surface area contributed by atoms with Crippen molar-refractivity contribution in [3.8, 4) is 0 Å². The molecule has 0 aliphatic rings. The number of hydrogen-bond donors (Lipinski definition) is 3. The maximum absolute atomic E-state index is 10.4. The number of nitrogens with two attached hydrogens (primary N) is 2. The van der Waals surface area contributed by atoms with Crippen LogP contribution in [0.4, 0.5) is 0 Å². The van der Waals surface area contributed by atoms with Gasteiger partial charge in [0.1, 0.15) is 0 Å². The molecule has 108 valence electrons. The predicted octanol–water partition coefficient (Wildman–Crippen LogP) is 0.726. The highest BCUT2D eigenvalue weighted by Gasteiger charge is 2.05. The first-order chi connectivity index (χ1) is 6.70. The smallest absolute Gasteiger partial charge is 0.304 e. The fourth-order valence-corrected chi connectivity index (χ4v) is 1.22. The molecule has 0 aromatic rings. The van der Waals surface area contributed by atoms with Gasteiger partial charge in [-0.15, -0.1) is 37.2 Å². The van der Waals surface area contributed by atoms with Gasteiger partial charge in [0.2, 0.25) is 0 Å². The highest BCUT2D eigenvalue weighted by molar-refractivity contribution is 5.86. The lowest BCUT2D eigenvalue weighted by atomic mass is 10.3. The Bertz CT molecular complexity index is 156. The van der Waals surface area contributed by atoms with Crippen LogP contribution in [-0.4, -0.2) is 48.7 Å². The lowest BCUT2D eigenvalue weighted by molar-refractivity contribution is -0.137. The van der Waals surface area contributed by atoms with Gasteiger partial charge in [0.15, 0.2) is 0 Å². The molecule has 0 aliphatic carbocycles. The molecule has 0 rings (SSSR count). The summed E-state index contributed by atoms with van der Waals surface area (Å²) in [4.78, 5) is 12.5. The van der Waals surface area contributed by atoms with E-state index in [1.54, 1.807) is 0 Å². The van der Waals surface area contributed by atoms with E-state index in [2.05, 4.69) is 4.90 Å². The molecule has 0 aliphatic heterocycles. The molecule has 17 heavy (non-hydrogen) atoms. The van der Waals surface area contributed by atoms with E-state index in [0.717, 1.165) is 25.9 Å². The molecular weight excluding hydrogens is 288 g/mol. The highest BCUT2D eigenvalue weighted by Crippen LogP contribution is 1.95. The Morgan fingerprint density at radius 1 is 0.941 bits per heavy atom. The van der Waals surface area contributed by atoms with Crippen LogP contribution in [0.15, 0.2) is 0 Å².